The quantitative estimate of drug-likeness (QED) is 0.757. The van der Waals surface area contributed by atoms with E-state index < -0.39 is 0 Å². The molecule has 2 unspecified atom stereocenters. The van der Waals surface area contributed by atoms with Crippen LogP contribution in [0.4, 0.5) is 0 Å². The van der Waals surface area contributed by atoms with Gasteiger partial charge in [-0.1, -0.05) is 18.6 Å². The number of hydrogen-bond acceptors (Lipinski definition) is 3. The number of rotatable bonds is 7. The normalized spacial score (nSPS) is 21.3. The van der Waals surface area contributed by atoms with Crippen LogP contribution in [0.3, 0.4) is 0 Å². The molecule has 118 valence electrons. The third kappa shape index (κ3) is 5.68. The number of aromatic hydroxyl groups is 1. The Labute approximate surface area is 129 Å². The molecule has 2 rings (SSSR count). The van der Waals surface area contributed by atoms with Crippen molar-refractivity contribution in [1.29, 1.82) is 0 Å². The molecule has 0 spiro atoms. The maximum Gasteiger partial charge on any atom is 0.115 e. The van der Waals surface area contributed by atoms with Gasteiger partial charge in [-0.15, -0.1) is 0 Å². The van der Waals surface area contributed by atoms with E-state index in [9.17, 15) is 5.11 Å². The van der Waals surface area contributed by atoms with Crippen LogP contribution in [0.1, 0.15) is 45.1 Å². The molecule has 0 bridgehead atoms. The number of phenolic OH excluding ortho intramolecular Hbond substituents is 1. The molecule has 1 aliphatic rings. The lowest BCUT2D eigenvalue weighted by Crippen LogP contribution is -2.39. The van der Waals surface area contributed by atoms with Crippen molar-refractivity contribution >= 4 is 0 Å². The first-order valence-electron chi connectivity index (χ1n) is 8.40. The van der Waals surface area contributed by atoms with Gasteiger partial charge in [0, 0.05) is 12.1 Å². The lowest BCUT2D eigenvalue weighted by atomic mass is 10.0. The zero-order chi connectivity index (χ0) is 15.1. The Hall–Kier alpha value is -1.06. The fourth-order valence-corrected chi connectivity index (χ4v) is 3.18. The van der Waals surface area contributed by atoms with Crippen LogP contribution in [0.25, 0.3) is 0 Å². The predicted octanol–water partition coefficient (Wildman–Crippen LogP) is 3.18. The average Bonchev–Trinajstić information content (AvgIpc) is 2.48. The van der Waals surface area contributed by atoms with Crippen molar-refractivity contribution in [3.05, 3.63) is 29.8 Å². The lowest BCUT2D eigenvalue weighted by Gasteiger charge is -2.33. The molecule has 2 N–H and O–H groups in total. The van der Waals surface area contributed by atoms with Gasteiger partial charge in [0.25, 0.3) is 0 Å². The van der Waals surface area contributed by atoms with Gasteiger partial charge in [-0.25, -0.2) is 0 Å². The maximum atomic E-state index is 9.29. The Balaban J connectivity index is 1.60. The monoisotopic (exact) mass is 290 g/mol. The fourth-order valence-electron chi connectivity index (χ4n) is 3.18. The van der Waals surface area contributed by atoms with Crippen LogP contribution in [0, 0.1) is 0 Å². The molecule has 1 aromatic carbocycles. The molecule has 1 heterocycles. The number of benzene rings is 1. The molecular weight excluding hydrogens is 260 g/mol. The van der Waals surface area contributed by atoms with Crippen LogP contribution >= 0.6 is 0 Å². The van der Waals surface area contributed by atoms with Gasteiger partial charge in [-0.2, -0.15) is 0 Å². The summed E-state index contributed by atoms with van der Waals surface area (Å²) in [6.07, 6.45) is 6.38. The Morgan fingerprint density at radius 3 is 2.76 bits per heavy atom. The number of likely N-dealkylation sites (tertiary alicyclic amines) is 1. The molecule has 0 aliphatic carbocycles. The summed E-state index contributed by atoms with van der Waals surface area (Å²) in [6, 6.07) is 8.78. The first-order valence-corrected chi connectivity index (χ1v) is 8.40. The number of nitrogens with zero attached hydrogens (tertiary/aromatic N) is 1. The summed E-state index contributed by atoms with van der Waals surface area (Å²) in [5, 5.41) is 12.9. The van der Waals surface area contributed by atoms with Gasteiger partial charge in [0.2, 0.25) is 0 Å². The highest BCUT2D eigenvalue weighted by atomic mass is 16.3. The highest BCUT2D eigenvalue weighted by Gasteiger charge is 2.17. The minimum Gasteiger partial charge on any atom is -0.508 e. The molecule has 21 heavy (non-hydrogen) atoms. The van der Waals surface area contributed by atoms with Gasteiger partial charge in [-0.05, 0) is 76.9 Å². The Morgan fingerprint density at radius 2 is 2.05 bits per heavy atom. The molecule has 0 radical (unpaired) electrons. The summed E-state index contributed by atoms with van der Waals surface area (Å²) in [4.78, 5) is 2.63. The van der Waals surface area contributed by atoms with Gasteiger partial charge in [-0.3, -0.25) is 0 Å². The van der Waals surface area contributed by atoms with Crippen molar-refractivity contribution in [3.8, 4) is 5.75 Å². The van der Waals surface area contributed by atoms with E-state index in [1.165, 1.54) is 44.3 Å². The van der Waals surface area contributed by atoms with Crippen molar-refractivity contribution in [2.45, 2.75) is 58.0 Å². The van der Waals surface area contributed by atoms with Gasteiger partial charge in [0.05, 0.1) is 0 Å². The topological polar surface area (TPSA) is 35.5 Å². The van der Waals surface area contributed by atoms with Crippen molar-refractivity contribution < 1.29 is 5.11 Å². The summed E-state index contributed by atoms with van der Waals surface area (Å²) in [5.74, 6) is 0.343. The van der Waals surface area contributed by atoms with E-state index in [-0.39, 0.29) is 0 Å². The standard InChI is InChI=1S/C18H30N2O/c1-15(14-17-7-9-18(21)10-8-17)19-11-5-13-20-12-4-3-6-16(20)2/h7-10,15-16,19,21H,3-6,11-14H2,1-2H3. The SMILES string of the molecule is CC(Cc1ccc(O)cc1)NCCCN1CCCCC1C. The smallest absolute Gasteiger partial charge is 0.115 e. The molecule has 1 saturated heterocycles. The molecule has 1 fully saturated rings. The Kier molecular flexibility index (Phi) is 6.52. The van der Waals surface area contributed by atoms with Gasteiger partial charge in [0.15, 0.2) is 0 Å². The minimum absolute atomic E-state index is 0.343. The summed E-state index contributed by atoms with van der Waals surface area (Å²) in [7, 11) is 0. The third-order valence-electron chi connectivity index (χ3n) is 4.53. The van der Waals surface area contributed by atoms with Crippen LogP contribution in [0.5, 0.6) is 5.75 Å². The van der Waals surface area contributed by atoms with Crippen LogP contribution in [-0.2, 0) is 6.42 Å². The molecule has 3 nitrogen and oxygen atoms in total. The second-order valence-corrected chi connectivity index (χ2v) is 6.46. The molecular formula is C18H30N2O. The molecule has 0 saturated carbocycles. The first-order chi connectivity index (χ1) is 10.1. The van der Waals surface area contributed by atoms with Gasteiger partial charge < -0.3 is 15.3 Å². The lowest BCUT2D eigenvalue weighted by molar-refractivity contribution is 0.158. The predicted molar refractivity (Wildman–Crippen MR) is 88.8 cm³/mol. The number of nitrogens with one attached hydrogen (secondary N) is 1. The molecule has 0 aromatic heterocycles. The summed E-state index contributed by atoms with van der Waals surface area (Å²) in [6.45, 7) is 8.18. The van der Waals surface area contributed by atoms with Crippen molar-refractivity contribution in [3.63, 3.8) is 0 Å². The van der Waals surface area contributed by atoms with E-state index in [0.717, 1.165) is 19.0 Å². The van der Waals surface area contributed by atoms with Crippen LogP contribution in [0.2, 0.25) is 0 Å². The van der Waals surface area contributed by atoms with Crippen molar-refractivity contribution in [2.24, 2.45) is 0 Å². The van der Waals surface area contributed by atoms with E-state index in [1.54, 1.807) is 12.1 Å². The number of hydrogen-bond donors (Lipinski definition) is 2. The molecule has 1 aromatic rings. The summed E-state index contributed by atoms with van der Waals surface area (Å²) < 4.78 is 0. The first kappa shape index (κ1) is 16.3. The van der Waals surface area contributed by atoms with E-state index in [2.05, 4.69) is 24.1 Å². The molecule has 0 amide bonds. The van der Waals surface area contributed by atoms with Gasteiger partial charge in [0.1, 0.15) is 5.75 Å². The fraction of sp³-hybridized carbons (Fsp3) is 0.667. The largest absolute Gasteiger partial charge is 0.508 e. The minimum atomic E-state index is 0.343. The zero-order valence-electron chi connectivity index (χ0n) is 13.5. The highest BCUT2D eigenvalue weighted by molar-refractivity contribution is 5.26. The third-order valence-corrected chi connectivity index (χ3v) is 4.53. The average molecular weight is 290 g/mol. The molecule has 2 atom stereocenters. The number of phenols is 1. The summed E-state index contributed by atoms with van der Waals surface area (Å²) >= 11 is 0. The van der Waals surface area contributed by atoms with E-state index in [1.807, 2.05) is 12.1 Å². The van der Waals surface area contributed by atoms with E-state index >= 15 is 0 Å². The zero-order valence-corrected chi connectivity index (χ0v) is 13.5. The second-order valence-electron chi connectivity index (χ2n) is 6.46. The Morgan fingerprint density at radius 1 is 1.29 bits per heavy atom. The van der Waals surface area contributed by atoms with Crippen LogP contribution in [0.15, 0.2) is 24.3 Å². The highest BCUT2D eigenvalue weighted by Crippen LogP contribution is 2.16. The maximum absolute atomic E-state index is 9.29. The van der Waals surface area contributed by atoms with E-state index in [4.69, 9.17) is 0 Å². The van der Waals surface area contributed by atoms with Gasteiger partial charge >= 0.3 is 0 Å². The molecule has 3 heteroatoms. The van der Waals surface area contributed by atoms with E-state index in [0.29, 0.717) is 11.8 Å². The summed E-state index contributed by atoms with van der Waals surface area (Å²) in [5.41, 5.74) is 1.28. The van der Waals surface area contributed by atoms with Crippen molar-refractivity contribution in [1.82, 2.24) is 10.2 Å². The molecule has 1 aliphatic heterocycles. The van der Waals surface area contributed by atoms with Crippen molar-refractivity contribution in [2.75, 3.05) is 19.6 Å². The van der Waals surface area contributed by atoms with Crippen LogP contribution in [-0.4, -0.2) is 41.7 Å². The Bertz CT molecular complexity index is 404. The number of piperidine rings is 1. The second kappa shape index (κ2) is 8.40. The van der Waals surface area contributed by atoms with Crippen LogP contribution < -0.4 is 5.32 Å².